The minimum absolute atomic E-state index is 0.0338. The van der Waals surface area contributed by atoms with E-state index >= 15 is 0 Å². The predicted octanol–water partition coefficient (Wildman–Crippen LogP) is 8.44. The molecule has 0 saturated heterocycles. The van der Waals surface area contributed by atoms with Crippen LogP contribution in [-0.4, -0.2) is 37.6 Å². The molecular formula is C25H26ClF7O5. The molecule has 0 aliphatic heterocycles. The summed E-state index contributed by atoms with van der Waals surface area (Å²) in [6.07, 6.45) is -10.8. The monoisotopic (exact) mass is 574 g/mol. The molecule has 0 amide bonds. The lowest BCUT2D eigenvalue weighted by Gasteiger charge is -2.25. The Morgan fingerprint density at radius 2 is 1.42 bits per heavy atom. The van der Waals surface area contributed by atoms with Crippen LogP contribution in [0.1, 0.15) is 55.8 Å². The third-order valence-corrected chi connectivity index (χ3v) is 5.27. The predicted molar refractivity (Wildman–Crippen MR) is 124 cm³/mol. The summed E-state index contributed by atoms with van der Waals surface area (Å²) in [6, 6.07) is 8.67. The van der Waals surface area contributed by atoms with E-state index in [0.717, 1.165) is 43.5 Å². The molecule has 0 saturated carbocycles. The second kappa shape index (κ2) is 13.9. The fourth-order valence-electron chi connectivity index (χ4n) is 3.02. The lowest BCUT2D eigenvalue weighted by atomic mass is 10.1. The molecule has 0 radical (unpaired) electrons. The molecule has 13 heteroatoms. The normalized spacial score (nSPS) is 12.3. The Morgan fingerprint density at radius 3 is 2.03 bits per heavy atom. The summed E-state index contributed by atoms with van der Waals surface area (Å²) < 4.78 is 106. The minimum atomic E-state index is -6.33. The van der Waals surface area contributed by atoms with Gasteiger partial charge in [0.15, 0.2) is 6.61 Å². The fourth-order valence-corrected chi connectivity index (χ4v) is 3.26. The van der Waals surface area contributed by atoms with Crippen molar-refractivity contribution in [3.05, 3.63) is 53.1 Å². The average molecular weight is 575 g/mol. The maximum Gasteiger partial charge on any atom is 0.483 e. The molecule has 0 atom stereocenters. The molecule has 2 aromatic carbocycles. The number of unbranched alkanes of at least 4 members (excludes halogenated alkanes) is 5. The van der Waals surface area contributed by atoms with Gasteiger partial charge in [-0.1, -0.05) is 50.6 Å². The zero-order valence-corrected chi connectivity index (χ0v) is 21.0. The summed E-state index contributed by atoms with van der Waals surface area (Å²) in [5.41, 5.74) is 0.102. The van der Waals surface area contributed by atoms with Crippen LogP contribution < -0.4 is 14.2 Å². The molecule has 0 aromatic heterocycles. The first kappa shape index (κ1) is 31.5. The van der Waals surface area contributed by atoms with E-state index in [1.54, 1.807) is 0 Å². The van der Waals surface area contributed by atoms with Crippen LogP contribution in [0.15, 0.2) is 42.5 Å². The summed E-state index contributed by atoms with van der Waals surface area (Å²) in [5, 5.41) is 0.202. The van der Waals surface area contributed by atoms with Gasteiger partial charge in [0.1, 0.15) is 17.2 Å². The van der Waals surface area contributed by atoms with Crippen molar-refractivity contribution < 1.29 is 54.5 Å². The molecular weight excluding hydrogens is 549 g/mol. The van der Waals surface area contributed by atoms with Crippen LogP contribution >= 0.6 is 11.6 Å². The van der Waals surface area contributed by atoms with Crippen molar-refractivity contribution in [3.63, 3.8) is 0 Å². The van der Waals surface area contributed by atoms with Gasteiger partial charge in [0.05, 0.1) is 17.2 Å². The van der Waals surface area contributed by atoms with Crippen molar-refractivity contribution in [2.24, 2.45) is 0 Å². The average Bonchev–Trinajstić information content (AvgIpc) is 2.82. The molecule has 0 unspecified atom stereocenters. The Balaban J connectivity index is 1.85. The van der Waals surface area contributed by atoms with Gasteiger partial charge in [0.2, 0.25) is 0 Å². The van der Waals surface area contributed by atoms with Gasteiger partial charge in [0, 0.05) is 0 Å². The maximum absolute atomic E-state index is 13.4. The molecule has 38 heavy (non-hydrogen) atoms. The number of hydrogen-bond acceptors (Lipinski definition) is 5. The second-order valence-corrected chi connectivity index (χ2v) is 8.57. The molecule has 0 fully saturated rings. The largest absolute Gasteiger partial charge is 0.492 e. The first-order chi connectivity index (χ1) is 17.7. The number of alkyl halides is 7. The highest BCUT2D eigenvalue weighted by Crippen LogP contribution is 2.40. The molecule has 0 aliphatic rings. The van der Waals surface area contributed by atoms with Gasteiger partial charge < -0.3 is 14.2 Å². The van der Waals surface area contributed by atoms with Gasteiger partial charge in [0.25, 0.3) is 0 Å². The van der Waals surface area contributed by atoms with Crippen LogP contribution in [0.4, 0.5) is 30.7 Å². The first-order valence-electron chi connectivity index (χ1n) is 11.6. The van der Waals surface area contributed by atoms with E-state index in [-0.39, 0.29) is 22.1 Å². The molecule has 2 aromatic rings. The van der Waals surface area contributed by atoms with Crippen molar-refractivity contribution in [3.8, 4) is 17.2 Å². The Bertz CT molecular complexity index is 1030. The standard InChI is InChI=1S/C25H26ClF7O5/c1-2-3-4-5-6-7-14-35-21-13-8-17(15-20(21)26)22(34)37-19-11-9-18(10-12-19)36-16-23(27,28)38-25(32,33)24(29,30)31/h8-13,15H,2-7,14,16H2,1H3. The zero-order chi connectivity index (χ0) is 28.4. The SMILES string of the molecule is CCCCCCCCOc1ccc(C(=O)Oc2ccc(OCC(F)(F)OC(F)(F)C(F)(F)F)cc2)cc1Cl. The van der Waals surface area contributed by atoms with Crippen LogP contribution in [-0.2, 0) is 4.74 Å². The third-order valence-electron chi connectivity index (χ3n) is 4.97. The third kappa shape index (κ3) is 10.2. The van der Waals surface area contributed by atoms with E-state index in [9.17, 15) is 35.5 Å². The Hall–Kier alpha value is -2.73. The van der Waals surface area contributed by atoms with Crippen LogP contribution in [0.5, 0.6) is 17.2 Å². The van der Waals surface area contributed by atoms with E-state index in [0.29, 0.717) is 12.4 Å². The number of benzene rings is 2. The fraction of sp³-hybridized carbons (Fsp3) is 0.480. The van der Waals surface area contributed by atoms with Gasteiger partial charge in [-0.05, 0) is 48.9 Å². The number of carbonyl (C=O) groups excluding carboxylic acids is 1. The number of esters is 1. The van der Waals surface area contributed by atoms with E-state index in [1.165, 1.54) is 37.5 Å². The zero-order valence-electron chi connectivity index (χ0n) is 20.3. The summed E-state index contributed by atoms with van der Waals surface area (Å²) in [7, 11) is 0. The number of rotatable bonds is 15. The lowest BCUT2D eigenvalue weighted by molar-refractivity contribution is -0.458. The smallest absolute Gasteiger partial charge is 0.483 e. The second-order valence-electron chi connectivity index (χ2n) is 8.16. The molecule has 0 spiro atoms. The number of ether oxygens (including phenoxy) is 4. The summed E-state index contributed by atoms with van der Waals surface area (Å²) in [5.74, 6) is -0.754. The summed E-state index contributed by atoms with van der Waals surface area (Å²) >= 11 is 6.19. The number of hydrogen-bond donors (Lipinski definition) is 0. The summed E-state index contributed by atoms with van der Waals surface area (Å²) in [6.45, 7) is 0.696. The first-order valence-corrected chi connectivity index (χ1v) is 12.0. The van der Waals surface area contributed by atoms with Crippen LogP contribution in [0.25, 0.3) is 0 Å². The highest BCUT2D eigenvalue weighted by atomic mass is 35.5. The minimum Gasteiger partial charge on any atom is -0.492 e. The van der Waals surface area contributed by atoms with Gasteiger partial charge >= 0.3 is 24.4 Å². The maximum atomic E-state index is 13.4. The van der Waals surface area contributed by atoms with Crippen LogP contribution in [0.2, 0.25) is 5.02 Å². The van der Waals surface area contributed by atoms with Crippen molar-refractivity contribution in [2.45, 2.75) is 63.8 Å². The van der Waals surface area contributed by atoms with Gasteiger partial charge in [-0.3, -0.25) is 0 Å². The van der Waals surface area contributed by atoms with Crippen molar-refractivity contribution in [1.29, 1.82) is 0 Å². The highest BCUT2D eigenvalue weighted by molar-refractivity contribution is 6.32. The van der Waals surface area contributed by atoms with Crippen LogP contribution in [0.3, 0.4) is 0 Å². The molecule has 0 bridgehead atoms. The van der Waals surface area contributed by atoms with Crippen LogP contribution in [0, 0.1) is 0 Å². The highest BCUT2D eigenvalue weighted by Gasteiger charge is 2.64. The van der Waals surface area contributed by atoms with E-state index in [1.807, 2.05) is 0 Å². The lowest BCUT2D eigenvalue weighted by Crippen LogP contribution is -2.46. The van der Waals surface area contributed by atoms with Crippen molar-refractivity contribution in [1.82, 2.24) is 0 Å². The summed E-state index contributed by atoms with van der Waals surface area (Å²) in [4.78, 5) is 12.4. The van der Waals surface area contributed by atoms with E-state index in [4.69, 9.17) is 21.1 Å². The van der Waals surface area contributed by atoms with Gasteiger partial charge in [-0.15, -0.1) is 0 Å². The quantitative estimate of drug-likeness (QED) is 0.0924. The number of halogens is 8. The Kier molecular flexibility index (Phi) is 11.5. The van der Waals surface area contributed by atoms with E-state index in [2.05, 4.69) is 16.4 Å². The Morgan fingerprint density at radius 1 is 0.816 bits per heavy atom. The Labute approximate surface area is 219 Å². The van der Waals surface area contributed by atoms with E-state index < -0.39 is 31.0 Å². The van der Waals surface area contributed by atoms with Crippen molar-refractivity contribution >= 4 is 17.6 Å². The van der Waals surface area contributed by atoms with Gasteiger partial charge in [-0.2, -0.15) is 30.7 Å². The molecule has 5 nitrogen and oxygen atoms in total. The molecule has 212 valence electrons. The molecule has 0 aliphatic carbocycles. The van der Waals surface area contributed by atoms with Crippen molar-refractivity contribution in [2.75, 3.05) is 13.2 Å². The molecule has 2 rings (SSSR count). The molecule has 0 N–H and O–H groups in total. The molecule has 0 heterocycles. The topological polar surface area (TPSA) is 54.0 Å². The van der Waals surface area contributed by atoms with Gasteiger partial charge in [-0.25, -0.2) is 9.53 Å². The number of carbonyl (C=O) groups is 1.